The lowest BCUT2D eigenvalue weighted by Crippen LogP contribution is -1.89. The first-order valence-corrected chi connectivity index (χ1v) is 13.4. The quantitative estimate of drug-likeness (QED) is 0.238. The highest BCUT2D eigenvalue weighted by Crippen LogP contribution is 2.39. The lowest BCUT2D eigenvalue weighted by Gasteiger charge is -2.07. The van der Waals surface area contributed by atoms with Gasteiger partial charge in [-0.25, -0.2) is 19.9 Å². The van der Waals surface area contributed by atoms with E-state index in [4.69, 9.17) is 4.98 Å². The number of H-pyrrole nitrogens is 2. The number of thiophene rings is 1. The fourth-order valence-electron chi connectivity index (χ4n) is 5.00. The van der Waals surface area contributed by atoms with Crippen molar-refractivity contribution in [1.29, 1.82) is 0 Å². The number of imidazole rings is 2. The summed E-state index contributed by atoms with van der Waals surface area (Å²) in [6, 6.07) is 15.6. The fourth-order valence-corrected chi connectivity index (χ4v) is 6.10. The lowest BCUT2D eigenvalue weighted by molar-refractivity contribution is 0.795. The maximum absolute atomic E-state index is 4.89. The second kappa shape index (κ2) is 8.21. The Kier molecular flexibility index (Phi) is 4.91. The van der Waals surface area contributed by atoms with Crippen LogP contribution in [0.4, 0.5) is 0 Å². The van der Waals surface area contributed by atoms with E-state index in [0.717, 1.165) is 55.6 Å². The topological polar surface area (TPSA) is 83.1 Å². The Morgan fingerprint density at radius 2 is 1.57 bits per heavy atom. The molecule has 0 saturated heterocycles. The van der Waals surface area contributed by atoms with Crippen molar-refractivity contribution in [2.75, 3.05) is 0 Å². The molecule has 0 saturated carbocycles. The van der Waals surface area contributed by atoms with Crippen LogP contribution in [-0.2, 0) is 0 Å². The molecule has 2 N–H and O–H groups in total. The van der Waals surface area contributed by atoms with Crippen LogP contribution in [0.3, 0.4) is 0 Å². The van der Waals surface area contributed by atoms with Crippen LogP contribution in [-0.4, -0.2) is 29.9 Å². The average molecular weight is 503 g/mol. The van der Waals surface area contributed by atoms with Gasteiger partial charge in [-0.1, -0.05) is 52.0 Å². The summed E-state index contributed by atoms with van der Waals surface area (Å²) < 4.78 is 1.26. The van der Waals surface area contributed by atoms with Crippen molar-refractivity contribution >= 4 is 54.1 Å². The van der Waals surface area contributed by atoms with Gasteiger partial charge in [0.05, 0.1) is 17.4 Å². The van der Waals surface area contributed by atoms with Gasteiger partial charge in [0.25, 0.3) is 0 Å². The molecule has 0 spiro atoms. The van der Waals surface area contributed by atoms with Crippen LogP contribution in [0.25, 0.3) is 64.5 Å². The highest BCUT2D eigenvalue weighted by Gasteiger charge is 2.17. The third-order valence-corrected chi connectivity index (χ3v) is 8.19. The first kappa shape index (κ1) is 22.1. The van der Waals surface area contributed by atoms with Gasteiger partial charge >= 0.3 is 0 Å². The minimum atomic E-state index is 0.306. The van der Waals surface area contributed by atoms with E-state index in [-0.39, 0.29) is 0 Å². The SMILES string of the molecule is CC(C)c1ncc(-c2ccc3cc(-c4ccc5c(c4)c4cncnc4c4nc(C(C)C)[nH]c54)sc3c2)[nH]1. The molecule has 0 bridgehead atoms. The van der Waals surface area contributed by atoms with Gasteiger partial charge in [-0.3, -0.25) is 0 Å². The Balaban J connectivity index is 1.38. The number of rotatable bonds is 4. The number of nitrogens with one attached hydrogen (secondary N) is 2. The summed E-state index contributed by atoms with van der Waals surface area (Å²) in [7, 11) is 0. The second-order valence-electron chi connectivity index (χ2n) is 10.2. The molecule has 0 aliphatic rings. The molecule has 4 aromatic heterocycles. The molecule has 6 nitrogen and oxygen atoms in total. The maximum atomic E-state index is 4.89. The lowest BCUT2D eigenvalue weighted by atomic mass is 10.0. The Morgan fingerprint density at radius 3 is 2.38 bits per heavy atom. The number of hydrogen-bond acceptors (Lipinski definition) is 5. The highest BCUT2D eigenvalue weighted by atomic mass is 32.1. The van der Waals surface area contributed by atoms with E-state index in [2.05, 4.69) is 95.1 Å². The Hall–Kier alpha value is -4.10. The number of aromatic amines is 2. The van der Waals surface area contributed by atoms with Gasteiger partial charge in [0, 0.05) is 43.9 Å². The molecule has 3 aromatic carbocycles. The molecule has 37 heavy (non-hydrogen) atoms. The first-order valence-electron chi connectivity index (χ1n) is 12.6. The number of benzene rings is 3. The summed E-state index contributed by atoms with van der Waals surface area (Å²) in [6.45, 7) is 8.60. The molecule has 7 rings (SSSR count). The van der Waals surface area contributed by atoms with Crippen LogP contribution >= 0.6 is 11.3 Å². The summed E-state index contributed by atoms with van der Waals surface area (Å²) >= 11 is 1.81. The summed E-state index contributed by atoms with van der Waals surface area (Å²) in [5.41, 5.74) is 6.24. The first-order chi connectivity index (χ1) is 18.0. The number of hydrogen-bond donors (Lipinski definition) is 2. The Morgan fingerprint density at radius 1 is 0.730 bits per heavy atom. The maximum Gasteiger partial charge on any atom is 0.116 e. The molecule has 0 aliphatic heterocycles. The monoisotopic (exact) mass is 502 g/mol. The van der Waals surface area contributed by atoms with Gasteiger partial charge in [-0.05, 0) is 34.5 Å². The van der Waals surface area contributed by atoms with E-state index >= 15 is 0 Å². The Labute approximate surface area is 217 Å². The van der Waals surface area contributed by atoms with Crippen molar-refractivity contribution in [3.63, 3.8) is 0 Å². The van der Waals surface area contributed by atoms with Gasteiger partial charge < -0.3 is 9.97 Å². The molecule has 182 valence electrons. The molecular formula is C30H26N6S. The third-order valence-electron chi connectivity index (χ3n) is 7.04. The van der Waals surface area contributed by atoms with E-state index < -0.39 is 0 Å². The zero-order chi connectivity index (χ0) is 25.3. The van der Waals surface area contributed by atoms with Crippen LogP contribution in [0, 0.1) is 0 Å². The molecule has 0 radical (unpaired) electrons. The van der Waals surface area contributed by atoms with Gasteiger partial charge in [0.2, 0.25) is 0 Å². The van der Waals surface area contributed by atoms with Crippen LogP contribution < -0.4 is 0 Å². The van der Waals surface area contributed by atoms with E-state index in [1.165, 1.54) is 20.5 Å². The number of aromatic nitrogens is 6. The zero-order valence-electron chi connectivity index (χ0n) is 21.1. The van der Waals surface area contributed by atoms with Crippen LogP contribution in [0.2, 0.25) is 0 Å². The van der Waals surface area contributed by atoms with Crippen molar-refractivity contribution in [3.8, 4) is 21.7 Å². The summed E-state index contributed by atoms with van der Waals surface area (Å²) in [5, 5.41) is 4.55. The number of fused-ring (bicyclic) bond motifs is 7. The smallest absolute Gasteiger partial charge is 0.116 e. The molecule has 0 amide bonds. The standard InChI is InChI=1S/C30H26N6S/c1-15(2)29-32-13-23(34-29)17-5-6-19-11-25(37-24(19)10-17)18-7-8-20-21(9-18)22-12-31-14-33-26(22)28-27(20)35-30(36-28)16(3)4/h5-16H,1-4H3,(H,32,34)(H,35,36). The van der Waals surface area contributed by atoms with Crippen molar-refractivity contribution in [2.24, 2.45) is 0 Å². The van der Waals surface area contributed by atoms with Gasteiger partial charge in [-0.2, -0.15) is 0 Å². The largest absolute Gasteiger partial charge is 0.342 e. The summed E-state index contributed by atoms with van der Waals surface area (Å²) in [4.78, 5) is 26.7. The van der Waals surface area contributed by atoms with Gasteiger partial charge in [0.15, 0.2) is 0 Å². The van der Waals surface area contributed by atoms with E-state index in [1.54, 1.807) is 6.33 Å². The minimum absolute atomic E-state index is 0.306. The molecule has 0 fully saturated rings. The zero-order valence-corrected chi connectivity index (χ0v) is 21.9. The summed E-state index contributed by atoms with van der Waals surface area (Å²) in [6.07, 6.45) is 5.45. The fraction of sp³-hybridized carbons (Fsp3) is 0.200. The van der Waals surface area contributed by atoms with E-state index in [1.807, 2.05) is 23.7 Å². The van der Waals surface area contributed by atoms with Crippen LogP contribution in [0.5, 0.6) is 0 Å². The summed E-state index contributed by atoms with van der Waals surface area (Å²) in [5.74, 6) is 2.67. The van der Waals surface area contributed by atoms with E-state index in [0.29, 0.717) is 11.8 Å². The van der Waals surface area contributed by atoms with Crippen LogP contribution in [0.15, 0.2) is 61.2 Å². The average Bonchev–Trinajstić information content (AvgIpc) is 3.66. The van der Waals surface area contributed by atoms with Crippen molar-refractivity contribution in [1.82, 2.24) is 29.9 Å². The predicted molar refractivity (Wildman–Crippen MR) is 153 cm³/mol. The van der Waals surface area contributed by atoms with Gasteiger partial charge in [0.1, 0.15) is 29.0 Å². The van der Waals surface area contributed by atoms with Crippen molar-refractivity contribution in [3.05, 3.63) is 72.8 Å². The second-order valence-corrected chi connectivity index (χ2v) is 11.3. The van der Waals surface area contributed by atoms with Crippen molar-refractivity contribution in [2.45, 2.75) is 39.5 Å². The molecule has 0 atom stereocenters. The molecule has 0 aliphatic carbocycles. The van der Waals surface area contributed by atoms with Crippen molar-refractivity contribution < 1.29 is 0 Å². The van der Waals surface area contributed by atoms with E-state index in [9.17, 15) is 0 Å². The molecule has 0 unspecified atom stereocenters. The van der Waals surface area contributed by atoms with Crippen LogP contribution in [0.1, 0.15) is 51.2 Å². The predicted octanol–water partition coefficient (Wildman–Crippen LogP) is 8.18. The molecule has 4 heterocycles. The minimum Gasteiger partial charge on any atom is -0.342 e. The Bertz CT molecular complexity index is 1960. The normalized spacial score (nSPS) is 12.3. The molecule has 7 heteroatoms. The molecule has 7 aromatic rings. The molecular weight excluding hydrogens is 476 g/mol. The highest BCUT2D eigenvalue weighted by molar-refractivity contribution is 7.22. The van der Waals surface area contributed by atoms with Gasteiger partial charge in [-0.15, -0.1) is 11.3 Å². The third kappa shape index (κ3) is 3.53. The number of nitrogens with zero attached hydrogens (tertiary/aromatic N) is 4.